The van der Waals surface area contributed by atoms with Gasteiger partial charge in [0.2, 0.25) is 0 Å². The quantitative estimate of drug-likeness (QED) is 0.789. The van der Waals surface area contributed by atoms with Gasteiger partial charge in [-0.05, 0) is 25.1 Å². The summed E-state index contributed by atoms with van der Waals surface area (Å²) in [7, 11) is 0. The summed E-state index contributed by atoms with van der Waals surface area (Å²) in [5.41, 5.74) is -0.191. The SMILES string of the molecule is CCOCCNc1cccc(C(F)(F)F)c1. The van der Waals surface area contributed by atoms with E-state index in [1.54, 1.807) is 6.07 Å². The first kappa shape index (κ1) is 12.8. The maximum Gasteiger partial charge on any atom is 0.416 e. The number of rotatable bonds is 5. The molecule has 90 valence electrons. The molecule has 1 rings (SSSR count). The summed E-state index contributed by atoms with van der Waals surface area (Å²) >= 11 is 0. The highest BCUT2D eigenvalue weighted by atomic mass is 19.4. The van der Waals surface area contributed by atoms with Gasteiger partial charge in [0.05, 0.1) is 12.2 Å². The highest BCUT2D eigenvalue weighted by Gasteiger charge is 2.30. The monoisotopic (exact) mass is 233 g/mol. The topological polar surface area (TPSA) is 21.3 Å². The van der Waals surface area contributed by atoms with Crippen LogP contribution in [0.3, 0.4) is 0 Å². The van der Waals surface area contributed by atoms with Crippen LogP contribution in [0, 0.1) is 0 Å². The first-order valence-electron chi connectivity index (χ1n) is 5.03. The zero-order valence-corrected chi connectivity index (χ0v) is 8.97. The smallest absolute Gasteiger partial charge is 0.383 e. The van der Waals surface area contributed by atoms with Crippen LogP contribution in [0.25, 0.3) is 0 Å². The molecule has 1 aromatic carbocycles. The Morgan fingerprint density at radius 1 is 1.31 bits per heavy atom. The van der Waals surface area contributed by atoms with Crippen molar-refractivity contribution in [2.45, 2.75) is 13.1 Å². The Hall–Kier alpha value is -1.23. The van der Waals surface area contributed by atoms with Crippen molar-refractivity contribution in [2.75, 3.05) is 25.1 Å². The van der Waals surface area contributed by atoms with Crippen molar-refractivity contribution >= 4 is 5.69 Å². The van der Waals surface area contributed by atoms with Crippen molar-refractivity contribution in [3.8, 4) is 0 Å². The Kier molecular flexibility index (Phi) is 4.61. The Bertz CT molecular complexity index is 325. The number of halogens is 3. The van der Waals surface area contributed by atoms with Crippen LogP contribution in [-0.2, 0) is 10.9 Å². The molecular formula is C11H14F3NO. The van der Waals surface area contributed by atoms with Gasteiger partial charge in [0.25, 0.3) is 0 Å². The molecule has 5 heteroatoms. The average Bonchev–Trinajstić information content (AvgIpc) is 2.24. The van der Waals surface area contributed by atoms with Crippen LogP contribution in [0.1, 0.15) is 12.5 Å². The molecule has 1 N–H and O–H groups in total. The molecule has 0 aromatic heterocycles. The summed E-state index contributed by atoms with van der Waals surface area (Å²) in [6.07, 6.45) is -4.29. The molecule has 0 radical (unpaired) electrons. The van der Waals surface area contributed by atoms with Gasteiger partial charge in [0.15, 0.2) is 0 Å². The minimum atomic E-state index is -4.29. The Balaban J connectivity index is 2.54. The zero-order valence-electron chi connectivity index (χ0n) is 8.97. The minimum Gasteiger partial charge on any atom is -0.383 e. The summed E-state index contributed by atoms with van der Waals surface area (Å²) in [6, 6.07) is 5.12. The number of benzene rings is 1. The maximum absolute atomic E-state index is 12.4. The summed E-state index contributed by atoms with van der Waals surface area (Å²) in [5, 5.41) is 2.87. The van der Waals surface area contributed by atoms with Gasteiger partial charge >= 0.3 is 6.18 Å². The predicted molar refractivity (Wildman–Crippen MR) is 56.4 cm³/mol. The third-order valence-electron chi connectivity index (χ3n) is 1.97. The molecular weight excluding hydrogens is 219 g/mol. The Morgan fingerprint density at radius 2 is 2.06 bits per heavy atom. The molecule has 16 heavy (non-hydrogen) atoms. The first-order chi connectivity index (χ1) is 7.54. The molecule has 0 aliphatic heterocycles. The van der Waals surface area contributed by atoms with E-state index in [1.165, 1.54) is 6.07 Å². The highest BCUT2D eigenvalue weighted by molar-refractivity contribution is 5.46. The van der Waals surface area contributed by atoms with Crippen LogP contribution in [0.5, 0.6) is 0 Å². The van der Waals surface area contributed by atoms with Crippen LogP contribution < -0.4 is 5.32 Å². The van der Waals surface area contributed by atoms with Gasteiger partial charge in [0.1, 0.15) is 0 Å². The van der Waals surface area contributed by atoms with E-state index in [0.29, 0.717) is 25.4 Å². The van der Waals surface area contributed by atoms with Crippen molar-refractivity contribution in [3.63, 3.8) is 0 Å². The molecule has 0 unspecified atom stereocenters. The van der Waals surface area contributed by atoms with E-state index in [-0.39, 0.29) is 0 Å². The Labute approximate surface area is 92.4 Å². The molecule has 0 atom stereocenters. The summed E-state index contributed by atoms with van der Waals surface area (Å²) in [4.78, 5) is 0. The van der Waals surface area contributed by atoms with Gasteiger partial charge < -0.3 is 10.1 Å². The number of hydrogen-bond acceptors (Lipinski definition) is 2. The van der Waals surface area contributed by atoms with Gasteiger partial charge in [0, 0.05) is 18.8 Å². The van der Waals surface area contributed by atoms with E-state index < -0.39 is 11.7 Å². The minimum absolute atomic E-state index is 0.453. The number of ether oxygens (including phenoxy) is 1. The first-order valence-corrected chi connectivity index (χ1v) is 5.03. The van der Waals surface area contributed by atoms with E-state index >= 15 is 0 Å². The average molecular weight is 233 g/mol. The standard InChI is InChI=1S/C11H14F3NO/c1-2-16-7-6-15-10-5-3-4-9(8-10)11(12,13)14/h3-5,8,15H,2,6-7H2,1H3. The van der Waals surface area contributed by atoms with Gasteiger partial charge in [-0.3, -0.25) is 0 Å². The largest absolute Gasteiger partial charge is 0.416 e. The second kappa shape index (κ2) is 5.75. The lowest BCUT2D eigenvalue weighted by atomic mass is 10.2. The van der Waals surface area contributed by atoms with Crippen molar-refractivity contribution in [3.05, 3.63) is 29.8 Å². The number of hydrogen-bond donors (Lipinski definition) is 1. The van der Waals surface area contributed by atoms with Gasteiger partial charge in [-0.25, -0.2) is 0 Å². The molecule has 0 saturated heterocycles. The van der Waals surface area contributed by atoms with Crippen LogP contribution in [0.4, 0.5) is 18.9 Å². The molecule has 0 fully saturated rings. The van der Waals surface area contributed by atoms with Gasteiger partial charge in [-0.2, -0.15) is 13.2 Å². The van der Waals surface area contributed by atoms with Crippen LogP contribution in [-0.4, -0.2) is 19.8 Å². The maximum atomic E-state index is 12.4. The lowest BCUT2D eigenvalue weighted by molar-refractivity contribution is -0.137. The molecule has 0 aliphatic rings. The second-order valence-corrected chi connectivity index (χ2v) is 3.20. The van der Waals surface area contributed by atoms with E-state index in [2.05, 4.69) is 5.32 Å². The fourth-order valence-corrected chi connectivity index (χ4v) is 1.22. The zero-order chi connectivity index (χ0) is 12.0. The lowest BCUT2D eigenvalue weighted by Crippen LogP contribution is -2.10. The van der Waals surface area contributed by atoms with Crippen LogP contribution in [0.15, 0.2) is 24.3 Å². The van der Waals surface area contributed by atoms with Crippen molar-refractivity contribution in [1.29, 1.82) is 0 Å². The second-order valence-electron chi connectivity index (χ2n) is 3.20. The van der Waals surface area contributed by atoms with E-state index in [9.17, 15) is 13.2 Å². The molecule has 1 aromatic rings. The molecule has 0 bridgehead atoms. The van der Waals surface area contributed by atoms with Crippen LogP contribution >= 0.6 is 0 Å². The van der Waals surface area contributed by atoms with E-state index in [4.69, 9.17) is 4.74 Å². The number of anilines is 1. The summed E-state index contributed by atoms with van der Waals surface area (Å²) < 4.78 is 42.1. The normalized spacial score (nSPS) is 11.5. The highest BCUT2D eigenvalue weighted by Crippen LogP contribution is 2.30. The van der Waals surface area contributed by atoms with Crippen molar-refractivity contribution < 1.29 is 17.9 Å². The summed E-state index contributed by atoms with van der Waals surface area (Å²) in [6.45, 7) is 3.44. The fourth-order valence-electron chi connectivity index (χ4n) is 1.22. The van der Waals surface area contributed by atoms with Gasteiger partial charge in [-0.1, -0.05) is 6.07 Å². The third kappa shape index (κ3) is 4.10. The predicted octanol–water partition coefficient (Wildman–Crippen LogP) is 3.15. The third-order valence-corrected chi connectivity index (χ3v) is 1.97. The lowest BCUT2D eigenvalue weighted by Gasteiger charge is -2.10. The molecule has 0 spiro atoms. The van der Waals surface area contributed by atoms with Crippen molar-refractivity contribution in [2.24, 2.45) is 0 Å². The number of alkyl halides is 3. The Morgan fingerprint density at radius 3 is 2.69 bits per heavy atom. The van der Waals surface area contributed by atoms with Crippen LogP contribution in [0.2, 0.25) is 0 Å². The molecule has 0 saturated carbocycles. The molecule has 2 nitrogen and oxygen atoms in total. The van der Waals surface area contributed by atoms with E-state index in [0.717, 1.165) is 12.1 Å². The van der Waals surface area contributed by atoms with E-state index in [1.807, 2.05) is 6.92 Å². The molecule has 0 aliphatic carbocycles. The molecule has 0 heterocycles. The van der Waals surface area contributed by atoms with Gasteiger partial charge in [-0.15, -0.1) is 0 Å². The summed E-state index contributed by atoms with van der Waals surface area (Å²) in [5.74, 6) is 0. The fraction of sp³-hybridized carbons (Fsp3) is 0.455. The van der Waals surface area contributed by atoms with Crippen molar-refractivity contribution in [1.82, 2.24) is 0 Å². The number of nitrogens with one attached hydrogen (secondary N) is 1. The molecule has 0 amide bonds.